The highest BCUT2D eigenvalue weighted by Gasteiger charge is 2.35. The highest BCUT2D eigenvalue weighted by molar-refractivity contribution is 7.89. The highest BCUT2D eigenvalue weighted by Crippen LogP contribution is 2.30. The summed E-state index contributed by atoms with van der Waals surface area (Å²) in [6.45, 7) is 5.35. The molecule has 3 rings (SSSR count). The highest BCUT2D eigenvalue weighted by atomic mass is 32.2. The first-order valence-electron chi connectivity index (χ1n) is 10.8. The first-order valence-corrected chi connectivity index (χ1v) is 12.2. The van der Waals surface area contributed by atoms with Gasteiger partial charge in [0.05, 0.1) is 25.2 Å². The maximum absolute atomic E-state index is 13.0. The normalized spacial score (nSPS) is 20.8. The number of ether oxygens (including phenoxy) is 3. The Morgan fingerprint density at radius 2 is 1.94 bits per heavy atom. The van der Waals surface area contributed by atoms with Gasteiger partial charge in [0.25, 0.3) is 5.91 Å². The van der Waals surface area contributed by atoms with Crippen LogP contribution in [0.2, 0.25) is 0 Å². The van der Waals surface area contributed by atoms with E-state index >= 15 is 0 Å². The number of carbonyl (C=O) groups is 1. The molecular weight excluding hydrogens is 436 g/mol. The van der Waals surface area contributed by atoms with Crippen molar-refractivity contribution >= 4 is 15.9 Å². The summed E-state index contributed by atoms with van der Waals surface area (Å²) in [5.41, 5.74) is 0. The second kappa shape index (κ2) is 10.7. The average molecular weight is 469 g/mol. The SMILES string of the molecule is COc1ccc(S(=O)(=O)N(CCO)CCO[C@H]2C[C@@H](C(C)C)C=C(C(=O)N3CC3)O2)cc1. The van der Waals surface area contributed by atoms with Gasteiger partial charge in [-0.2, -0.15) is 4.31 Å². The summed E-state index contributed by atoms with van der Waals surface area (Å²) in [4.78, 5) is 14.2. The van der Waals surface area contributed by atoms with Crippen molar-refractivity contribution in [2.45, 2.75) is 31.5 Å². The minimum Gasteiger partial charge on any atom is -0.497 e. The van der Waals surface area contributed by atoms with E-state index in [4.69, 9.17) is 14.2 Å². The van der Waals surface area contributed by atoms with Gasteiger partial charge >= 0.3 is 0 Å². The standard InChI is InChI=1S/C22H32N2O7S/c1-16(2)17-14-20(22(26)23-8-9-23)31-21(15-17)30-13-11-24(10-12-25)32(27,28)19-6-4-18(29-3)5-7-19/h4-7,14,16-17,21,25H,8-13,15H2,1-3H3/t17-,21+/m0/s1. The molecule has 0 aliphatic carbocycles. The van der Waals surface area contributed by atoms with Crippen molar-refractivity contribution in [1.82, 2.24) is 9.21 Å². The molecule has 2 heterocycles. The largest absolute Gasteiger partial charge is 0.497 e. The number of rotatable bonds is 11. The molecule has 1 aromatic rings. The van der Waals surface area contributed by atoms with Crippen LogP contribution in [0.3, 0.4) is 0 Å². The third-order valence-electron chi connectivity index (χ3n) is 5.58. The molecule has 1 fully saturated rings. The molecule has 2 aliphatic rings. The van der Waals surface area contributed by atoms with Crippen molar-refractivity contribution in [1.29, 1.82) is 0 Å². The smallest absolute Gasteiger partial charge is 0.288 e. The van der Waals surface area contributed by atoms with E-state index in [1.165, 1.54) is 23.5 Å². The van der Waals surface area contributed by atoms with Crippen LogP contribution in [0.4, 0.5) is 0 Å². The van der Waals surface area contributed by atoms with E-state index in [9.17, 15) is 18.3 Å². The van der Waals surface area contributed by atoms with Gasteiger partial charge in [-0.3, -0.25) is 4.79 Å². The van der Waals surface area contributed by atoms with Gasteiger partial charge in [0.2, 0.25) is 16.3 Å². The second-order valence-corrected chi connectivity index (χ2v) is 10.1. The number of aliphatic hydroxyl groups is 1. The van der Waals surface area contributed by atoms with E-state index in [0.29, 0.717) is 23.8 Å². The third-order valence-corrected chi connectivity index (χ3v) is 7.49. The Morgan fingerprint density at radius 3 is 2.50 bits per heavy atom. The summed E-state index contributed by atoms with van der Waals surface area (Å²) < 4.78 is 43.9. The number of sulfonamides is 1. The third kappa shape index (κ3) is 6.00. The van der Waals surface area contributed by atoms with Crippen LogP contribution in [-0.4, -0.2) is 81.4 Å². The molecule has 0 spiro atoms. The fourth-order valence-electron chi connectivity index (χ4n) is 3.46. The maximum atomic E-state index is 13.0. The first kappa shape index (κ1) is 24.5. The van der Waals surface area contributed by atoms with Crippen LogP contribution in [0.25, 0.3) is 0 Å². The zero-order valence-corrected chi connectivity index (χ0v) is 19.6. The van der Waals surface area contributed by atoms with Gasteiger partial charge in [-0.1, -0.05) is 13.8 Å². The Hall–Kier alpha value is -2.14. The number of amides is 1. The van der Waals surface area contributed by atoms with Crippen molar-refractivity contribution in [3.8, 4) is 5.75 Å². The lowest BCUT2D eigenvalue weighted by Crippen LogP contribution is -2.38. The van der Waals surface area contributed by atoms with E-state index in [-0.39, 0.29) is 43.0 Å². The Labute approximate surface area is 189 Å². The van der Waals surface area contributed by atoms with Crippen LogP contribution in [0.1, 0.15) is 20.3 Å². The van der Waals surface area contributed by atoms with Crippen molar-refractivity contribution in [3.05, 3.63) is 36.1 Å². The molecule has 10 heteroatoms. The lowest BCUT2D eigenvalue weighted by Gasteiger charge is -2.31. The molecule has 1 aromatic carbocycles. The fourth-order valence-corrected chi connectivity index (χ4v) is 4.87. The topological polar surface area (TPSA) is 105 Å². The summed E-state index contributed by atoms with van der Waals surface area (Å²) in [6, 6.07) is 6.08. The molecule has 0 aromatic heterocycles. The lowest BCUT2D eigenvalue weighted by atomic mass is 9.90. The number of nitrogens with zero attached hydrogens (tertiary/aromatic N) is 2. The predicted molar refractivity (Wildman–Crippen MR) is 117 cm³/mol. The van der Waals surface area contributed by atoms with Gasteiger partial charge in [0.15, 0.2) is 5.76 Å². The van der Waals surface area contributed by atoms with Crippen LogP contribution in [-0.2, 0) is 24.3 Å². The van der Waals surface area contributed by atoms with Crippen LogP contribution in [0.15, 0.2) is 41.0 Å². The molecule has 0 bridgehead atoms. The molecule has 0 saturated carbocycles. The minimum absolute atomic E-state index is 0.0419. The number of carbonyl (C=O) groups excluding carboxylic acids is 1. The second-order valence-electron chi connectivity index (χ2n) is 8.19. The van der Waals surface area contributed by atoms with Gasteiger partial charge in [-0.25, -0.2) is 8.42 Å². The fraction of sp³-hybridized carbons (Fsp3) is 0.591. The molecule has 2 atom stereocenters. The van der Waals surface area contributed by atoms with Gasteiger partial charge in [-0.15, -0.1) is 0 Å². The zero-order valence-electron chi connectivity index (χ0n) is 18.8. The number of hydrogen-bond acceptors (Lipinski definition) is 7. The van der Waals surface area contributed by atoms with Gasteiger partial charge in [-0.05, 0) is 42.2 Å². The molecule has 2 aliphatic heterocycles. The van der Waals surface area contributed by atoms with Crippen molar-refractivity contribution in [2.24, 2.45) is 11.8 Å². The molecule has 32 heavy (non-hydrogen) atoms. The number of allylic oxidation sites excluding steroid dienone is 1. The van der Waals surface area contributed by atoms with Crippen molar-refractivity contribution < 1.29 is 32.5 Å². The van der Waals surface area contributed by atoms with Crippen molar-refractivity contribution in [3.63, 3.8) is 0 Å². The van der Waals surface area contributed by atoms with E-state index in [1.807, 2.05) is 6.08 Å². The van der Waals surface area contributed by atoms with E-state index in [2.05, 4.69) is 13.8 Å². The zero-order chi connectivity index (χ0) is 23.3. The Morgan fingerprint density at radius 1 is 1.25 bits per heavy atom. The van der Waals surface area contributed by atoms with Crippen LogP contribution >= 0.6 is 0 Å². The Kier molecular flexibility index (Phi) is 8.16. The van der Waals surface area contributed by atoms with Crippen LogP contribution in [0, 0.1) is 11.8 Å². The van der Waals surface area contributed by atoms with E-state index in [0.717, 1.165) is 13.1 Å². The summed E-state index contributed by atoms with van der Waals surface area (Å²) in [5.74, 6) is 1.16. The number of hydrogen-bond donors (Lipinski definition) is 1. The molecular formula is C22H32N2O7S. The number of aliphatic hydroxyl groups excluding tert-OH is 1. The number of methoxy groups -OCH3 is 1. The van der Waals surface area contributed by atoms with E-state index < -0.39 is 16.3 Å². The summed E-state index contributed by atoms with van der Waals surface area (Å²) in [5, 5.41) is 9.39. The Bertz CT molecular complexity index is 911. The van der Waals surface area contributed by atoms with Crippen molar-refractivity contribution in [2.75, 3.05) is 46.5 Å². The predicted octanol–water partition coefficient (Wildman–Crippen LogP) is 1.44. The summed E-state index contributed by atoms with van der Waals surface area (Å²) in [7, 11) is -2.31. The summed E-state index contributed by atoms with van der Waals surface area (Å²) >= 11 is 0. The molecule has 9 nitrogen and oxygen atoms in total. The molecule has 1 amide bonds. The molecule has 1 saturated heterocycles. The Balaban J connectivity index is 1.63. The lowest BCUT2D eigenvalue weighted by molar-refractivity contribution is -0.153. The van der Waals surface area contributed by atoms with E-state index in [1.54, 1.807) is 17.0 Å². The van der Waals surface area contributed by atoms with Gasteiger partial charge in [0, 0.05) is 32.6 Å². The van der Waals surface area contributed by atoms with Crippen LogP contribution < -0.4 is 4.74 Å². The molecule has 1 N–H and O–H groups in total. The van der Waals surface area contributed by atoms with Gasteiger partial charge < -0.3 is 24.2 Å². The molecule has 0 unspecified atom stereocenters. The first-order chi connectivity index (χ1) is 15.3. The maximum Gasteiger partial charge on any atom is 0.288 e. The average Bonchev–Trinajstić information content (AvgIpc) is 3.63. The molecule has 178 valence electrons. The number of benzene rings is 1. The van der Waals surface area contributed by atoms with Gasteiger partial charge in [0.1, 0.15) is 5.75 Å². The van der Waals surface area contributed by atoms with Crippen LogP contribution in [0.5, 0.6) is 5.75 Å². The monoisotopic (exact) mass is 468 g/mol. The minimum atomic E-state index is -3.82. The summed E-state index contributed by atoms with van der Waals surface area (Å²) in [6.07, 6.45) is 1.82. The molecule has 0 radical (unpaired) electrons. The quantitative estimate of drug-likeness (QED) is 0.490.